The zero-order valence-corrected chi connectivity index (χ0v) is 18.6. The van der Waals surface area contributed by atoms with Gasteiger partial charge in [-0.2, -0.15) is 0 Å². The zero-order valence-electron chi connectivity index (χ0n) is 17.0. The minimum absolute atomic E-state index is 0.154. The number of carbonyl (C=O) groups is 1. The van der Waals surface area contributed by atoms with Crippen LogP contribution < -0.4 is 5.32 Å². The largest absolute Gasteiger partial charge is 0.313 e. The summed E-state index contributed by atoms with van der Waals surface area (Å²) in [6.07, 6.45) is 0.704. The zero-order chi connectivity index (χ0) is 21.8. The van der Waals surface area contributed by atoms with Gasteiger partial charge in [0.1, 0.15) is 5.84 Å². The molecule has 0 aliphatic carbocycles. The molecule has 2 heterocycles. The lowest BCUT2D eigenvalue weighted by molar-refractivity contribution is -0.117. The number of benzene rings is 2. The van der Waals surface area contributed by atoms with Gasteiger partial charge in [-0.05, 0) is 46.7 Å². The number of tetrazole rings is 1. The fraction of sp³-hybridized carbons (Fsp3) is 0.238. The lowest BCUT2D eigenvalue weighted by atomic mass is 9.91. The van der Waals surface area contributed by atoms with Crippen LogP contribution in [0, 0.1) is 0 Å². The number of nitrogens with one attached hydrogen (secondary N) is 1. The van der Waals surface area contributed by atoms with E-state index in [1.807, 2.05) is 55.5 Å². The third-order valence-corrected chi connectivity index (χ3v) is 6.00. The Kier molecular flexibility index (Phi) is 6.43. The van der Waals surface area contributed by atoms with Gasteiger partial charge in [-0.15, -0.1) is 5.10 Å². The summed E-state index contributed by atoms with van der Waals surface area (Å²) in [5.74, 6) is 0.205. The number of halogens is 1. The summed E-state index contributed by atoms with van der Waals surface area (Å²) in [4.78, 5) is 22.5. The van der Waals surface area contributed by atoms with Crippen molar-refractivity contribution in [2.75, 3.05) is 5.75 Å². The van der Waals surface area contributed by atoms with E-state index in [-0.39, 0.29) is 17.6 Å². The van der Waals surface area contributed by atoms with Crippen LogP contribution in [0.2, 0.25) is 5.02 Å². The molecule has 4 rings (SSSR count). The summed E-state index contributed by atoms with van der Waals surface area (Å²) in [5.41, 5.74) is 3.37. The van der Waals surface area contributed by atoms with Crippen LogP contribution in [0.5, 0.6) is 0 Å². The van der Waals surface area contributed by atoms with Crippen LogP contribution in [-0.2, 0) is 11.8 Å². The van der Waals surface area contributed by atoms with Gasteiger partial charge in [-0.25, -0.2) is 9.67 Å². The molecule has 0 bridgehead atoms. The van der Waals surface area contributed by atoms with Crippen molar-refractivity contribution >= 4 is 52.2 Å². The molecule has 1 N–H and O–H groups in total. The lowest BCUT2D eigenvalue weighted by Crippen LogP contribution is -2.38. The summed E-state index contributed by atoms with van der Waals surface area (Å²) in [5, 5.41) is 15.5. The van der Waals surface area contributed by atoms with Gasteiger partial charge >= 0.3 is 0 Å². The Morgan fingerprint density at radius 1 is 1.13 bits per heavy atom. The number of rotatable bonds is 5. The Bertz CT molecular complexity index is 1160. The highest BCUT2D eigenvalue weighted by molar-refractivity contribution is 7.99. The van der Waals surface area contributed by atoms with Crippen LogP contribution in [0.15, 0.2) is 63.7 Å². The quantitative estimate of drug-likeness (QED) is 0.587. The van der Waals surface area contributed by atoms with Gasteiger partial charge < -0.3 is 5.32 Å². The van der Waals surface area contributed by atoms with E-state index in [1.54, 1.807) is 7.05 Å². The number of thioether (sulfide) groups is 1. The number of amides is 1. The molecule has 1 aliphatic heterocycles. The predicted molar refractivity (Wildman–Crippen MR) is 123 cm³/mol. The van der Waals surface area contributed by atoms with Crippen LogP contribution in [0.1, 0.15) is 24.8 Å². The molecule has 8 nitrogen and oxygen atoms in total. The molecule has 1 aliphatic rings. The number of para-hydroxylation sites is 2. The molecule has 3 aromatic rings. The predicted octanol–water partition coefficient (Wildman–Crippen LogP) is 4.08. The van der Waals surface area contributed by atoms with E-state index in [2.05, 4.69) is 20.8 Å². The summed E-state index contributed by atoms with van der Waals surface area (Å²) in [6.45, 7) is 2.05. The number of aliphatic imine (C=N–C) groups is 2. The standard InChI is InChI=1S/C21H20ClN7OS/c1-3-15-19(13-8-10-14(22)11-9-13)20(24-17-7-5-4-6-16(17)23-15)25-18(30)12-31-21-26-27-28-29(21)2/h4-11,19H,3,12H2,1-2H3,(H,24,25,30)/t19-/m1/s1. The first kappa shape index (κ1) is 21.2. The molecule has 31 heavy (non-hydrogen) atoms. The summed E-state index contributed by atoms with van der Waals surface area (Å²) < 4.78 is 1.52. The van der Waals surface area contributed by atoms with Gasteiger partial charge in [-0.1, -0.05) is 54.6 Å². The Morgan fingerprint density at radius 2 is 1.84 bits per heavy atom. The minimum atomic E-state index is -0.292. The van der Waals surface area contributed by atoms with E-state index in [0.29, 0.717) is 28.1 Å². The van der Waals surface area contributed by atoms with Gasteiger partial charge in [0.2, 0.25) is 11.1 Å². The van der Waals surface area contributed by atoms with Crippen LogP contribution in [-0.4, -0.2) is 43.4 Å². The van der Waals surface area contributed by atoms with E-state index >= 15 is 0 Å². The number of carbonyl (C=O) groups excluding carboxylic acids is 1. The molecule has 2 aromatic carbocycles. The number of aromatic nitrogens is 4. The first-order chi connectivity index (χ1) is 15.0. The number of nitrogens with zero attached hydrogens (tertiary/aromatic N) is 6. The molecule has 0 saturated carbocycles. The summed E-state index contributed by atoms with van der Waals surface area (Å²) in [7, 11) is 1.73. The molecular weight excluding hydrogens is 434 g/mol. The molecule has 158 valence electrons. The minimum Gasteiger partial charge on any atom is -0.313 e. The van der Waals surface area contributed by atoms with Crippen molar-refractivity contribution in [3.63, 3.8) is 0 Å². The highest BCUT2D eigenvalue weighted by Gasteiger charge is 2.28. The SMILES string of the molecule is CCC1=Nc2ccccc2N=C(NC(=O)CSc2nnnn2C)[C@@H]1c1ccc(Cl)cc1. The molecule has 0 spiro atoms. The fourth-order valence-corrected chi connectivity index (χ4v) is 4.04. The summed E-state index contributed by atoms with van der Waals surface area (Å²) >= 11 is 7.36. The van der Waals surface area contributed by atoms with Crippen LogP contribution >= 0.6 is 23.4 Å². The van der Waals surface area contributed by atoms with Gasteiger partial charge in [0.05, 0.1) is 23.0 Å². The monoisotopic (exact) mass is 453 g/mol. The maximum Gasteiger partial charge on any atom is 0.235 e. The maximum atomic E-state index is 12.8. The van der Waals surface area contributed by atoms with Gasteiger partial charge in [0, 0.05) is 17.8 Å². The van der Waals surface area contributed by atoms with Crippen molar-refractivity contribution in [3.8, 4) is 0 Å². The molecule has 1 amide bonds. The Morgan fingerprint density at radius 3 is 2.48 bits per heavy atom. The average molecular weight is 454 g/mol. The van der Waals surface area contributed by atoms with Crippen molar-refractivity contribution in [2.24, 2.45) is 17.0 Å². The van der Waals surface area contributed by atoms with Crippen LogP contribution in [0.25, 0.3) is 0 Å². The Labute approximate surface area is 188 Å². The molecular formula is C21H20ClN7OS. The molecule has 1 atom stereocenters. The third-order valence-electron chi connectivity index (χ3n) is 4.74. The topological polar surface area (TPSA) is 97.4 Å². The van der Waals surface area contributed by atoms with Crippen LogP contribution in [0.3, 0.4) is 0 Å². The fourth-order valence-electron chi connectivity index (χ4n) is 3.27. The lowest BCUT2D eigenvalue weighted by Gasteiger charge is -2.21. The van der Waals surface area contributed by atoms with E-state index < -0.39 is 0 Å². The number of fused-ring (bicyclic) bond motifs is 1. The molecule has 1 aromatic heterocycles. The van der Waals surface area contributed by atoms with Gasteiger partial charge in [-0.3, -0.25) is 9.79 Å². The molecule has 10 heteroatoms. The van der Waals surface area contributed by atoms with Gasteiger partial charge in [0.15, 0.2) is 0 Å². The normalized spacial score (nSPS) is 15.5. The van der Waals surface area contributed by atoms with Crippen molar-refractivity contribution in [3.05, 3.63) is 59.1 Å². The Balaban J connectivity index is 1.67. The summed E-state index contributed by atoms with van der Waals surface area (Å²) in [6, 6.07) is 15.2. The second-order valence-electron chi connectivity index (χ2n) is 6.85. The third kappa shape index (κ3) is 4.83. The maximum absolute atomic E-state index is 12.8. The molecule has 0 fully saturated rings. The van der Waals surface area contributed by atoms with Crippen molar-refractivity contribution in [1.29, 1.82) is 0 Å². The number of aryl methyl sites for hydroxylation is 1. The first-order valence-electron chi connectivity index (χ1n) is 9.70. The van der Waals surface area contributed by atoms with Crippen LogP contribution in [0.4, 0.5) is 11.4 Å². The molecule has 0 unspecified atom stereocenters. The average Bonchev–Trinajstić information content (AvgIpc) is 3.11. The van der Waals surface area contributed by atoms with E-state index in [9.17, 15) is 4.79 Å². The highest BCUT2D eigenvalue weighted by atomic mass is 35.5. The second kappa shape index (κ2) is 9.40. The van der Waals surface area contributed by atoms with E-state index in [0.717, 1.165) is 17.0 Å². The van der Waals surface area contributed by atoms with Crippen molar-refractivity contribution < 1.29 is 4.79 Å². The molecule has 0 saturated heterocycles. The van der Waals surface area contributed by atoms with E-state index in [4.69, 9.17) is 21.6 Å². The number of hydrogen-bond donors (Lipinski definition) is 1. The highest BCUT2D eigenvalue weighted by Crippen LogP contribution is 2.35. The number of amidine groups is 1. The smallest absolute Gasteiger partial charge is 0.235 e. The Hall–Kier alpha value is -3.04. The van der Waals surface area contributed by atoms with Crippen molar-refractivity contribution in [1.82, 2.24) is 25.5 Å². The number of hydrogen-bond acceptors (Lipinski definition) is 7. The van der Waals surface area contributed by atoms with E-state index in [1.165, 1.54) is 16.4 Å². The second-order valence-corrected chi connectivity index (χ2v) is 8.23. The van der Waals surface area contributed by atoms with Gasteiger partial charge in [0.25, 0.3) is 0 Å². The van der Waals surface area contributed by atoms with Crippen molar-refractivity contribution in [2.45, 2.75) is 24.4 Å². The first-order valence-corrected chi connectivity index (χ1v) is 11.1. The molecule has 0 radical (unpaired) electrons.